The number of carbonyl (C=O) groups is 1. The Labute approximate surface area is 229 Å². The molecule has 3 aliphatic heterocycles. The molecule has 4 atom stereocenters. The molecular formula is C28H30ClF2N3O5. The van der Waals surface area contributed by atoms with E-state index in [1.165, 1.54) is 18.2 Å². The lowest BCUT2D eigenvalue weighted by Crippen LogP contribution is -2.56. The Balaban J connectivity index is 1.28. The van der Waals surface area contributed by atoms with Gasteiger partial charge in [-0.15, -0.1) is 0 Å². The number of nitrogens with zero attached hydrogens (tertiary/aromatic N) is 1. The van der Waals surface area contributed by atoms with Crippen LogP contribution in [0.1, 0.15) is 43.1 Å². The van der Waals surface area contributed by atoms with Gasteiger partial charge in [0, 0.05) is 35.1 Å². The van der Waals surface area contributed by atoms with Crippen molar-refractivity contribution in [3.8, 4) is 11.5 Å². The van der Waals surface area contributed by atoms with Crippen molar-refractivity contribution < 1.29 is 32.6 Å². The fourth-order valence-corrected chi connectivity index (χ4v) is 6.26. The lowest BCUT2D eigenvalue weighted by atomic mass is 9.95. The molecule has 1 aromatic heterocycles. The normalized spacial score (nSPS) is 24.5. The molecule has 0 radical (unpaired) electrons. The summed E-state index contributed by atoms with van der Waals surface area (Å²) < 4.78 is 47.4. The number of alkyl halides is 2. The van der Waals surface area contributed by atoms with Gasteiger partial charge < -0.3 is 30.0 Å². The van der Waals surface area contributed by atoms with Crippen molar-refractivity contribution in [1.29, 1.82) is 0 Å². The molecule has 208 valence electrons. The zero-order valence-electron chi connectivity index (χ0n) is 21.1. The van der Waals surface area contributed by atoms with Gasteiger partial charge in [-0.05, 0) is 67.6 Å². The fourth-order valence-electron chi connectivity index (χ4n) is 6.08. The molecular weight excluding hydrogens is 532 g/mol. The number of hydrogen-bond donors (Lipinski definition) is 3. The summed E-state index contributed by atoms with van der Waals surface area (Å²) in [5.74, 6) is -5.35. The smallest absolute Gasteiger partial charge is 0.380 e. The molecule has 2 aromatic carbocycles. The summed E-state index contributed by atoms with van der Waals surface area (Å²) in [5, 5.41) is 14.6. The topological polar surface area (TPSA) is 110 Å². The highest BCUT2D eigenvalue weighted by Crippen LogP contribution is 2.39. The summed E-state index contributed by atoms with van der Waals surface area (Å²) in [6.07, 6.45) is 2.17. The molecule has 6 rings (SSSR count). The third kappa shape index (κ3) is 5.06. The van der Waals surface area contributed by atoms with E-state index in [-0.39, 0.29) is 30.3 Å². The summed E-state index contributed by atoms with van der Waals surface area (Å²) >= 11 is 5.98. The van der Waals surface area contributed by atoms with Gasteiger partial charge in [-0.3, -0.25) is 9.69 Å². The second kappa shape index (κ2) is 10.2. The molecule has 4 heterocycles. The first kappa shape index (κ1) is 26.3. The molecule has 2 bridgehead atoms. The summed E-state index contributed by atoms with van der Waals surface area (Å²) in [6.45, 7) is 0.963. The number of nitrogens with one attached hydrogen (secondary N) is 1. The van der Waals surface area contributed by atoms with Crippen LogP contribution in [0.5, 0.6) is 11.5 Å². The van der Waals surface area contributed by atoms with Gasteiger partial charge in [0.1, 0.15) is 24.9 Å². The third-order valence-electron chi connectivity index (χ3n) is 8.01. The average molecular weight is 562 g/mol. The minimum atomic E-state index is -3.99. The van der Waals surface area contributed by atoms with Crippen molar-refractivity contribution in [2.45, 2.75) is 61.9 Å². The molecule has 2 saturated heterocycles. The minimum Gasteiger partial charge on any atom is -0.486 e. The molecule has 11 heteroatoms. The third-order valence-corrected chi connectivity index (χ3v) is 8.24. The number of benzene rings is 2. The van der Waals surface area contributed by atoms with Gasteiger partial charge in [0.25, 0.3) is 5.91 Å². The molecule has 3 aromatic rings. The van der Waals surface area contributed by atoms with Gasteiger partial charge in [-0.2, -0.15) is 8.78 Å². The zero-order valence-corrected chi connectivity index (χ0v) is 21.9. The van der Waals surface area contributed by atoms with Crippen LogP contribution in [0.25, 0.3) is 11.0 Å². The van der Waals surface area contributed by atoms with Gasteiger partial charge >= 0.3 is 5.92 Å². The van der Waals surface area contributed by atoms with Crippen LogP contribution in [-0.4, -0.2) is 59.8 Å². The molecule has 4 N–H and O–H groups in total. The number of piperidine rings is 1. The number of aliphatic hydroxyl groups is 1. The maximum absolute atomic E-state index is 15.4. The molecule has 0 spiro atoms. The van der Waals surface area contributed by atoms with Gasteiger partial charge in [0.15, 0.2) is 17.3 Å². The highest BCUT2D eigenvalue weighted by atomic mass is 35.5. The van der Waals surface area contributed by atoms with E-state index in [2.05, 4.69) is 10.2 Å². The molecule has 1 amide bonds. The Kier molecular flexibility index (Phi) is 6.91. The first-order chi connectivity index (χ1) is 18.7. The van der Waals surface area contributed by atoms with Crippen LogP contribution in [0.2, 0.25) is 5.02 Å². The van der Waals surface area contributed by atoms with Crippen LogP contribution in [0.3, 0.4) is 0 Å². The fraction of sp³-hybridized carbons (Fsp3) is 0.464. The molecule has 8 nitrogen and oxygen atoms in total. The average Bonchev–Trinajstić information content (AvgIpc) is 3.45. The number of furan rings is 1. The van der Waals surface area contributed by atoms with Crippen LogP contribution in [-0.2, 0) is 10.7 Å². The van der Waals surface area contributed by atoms with E-state index in [0.717, 1.165) is 31.7 Å². The van der Waals surface area contributed by atoms with E-state index >= 15 is 8.78 Å². The number of fused-ring (bicyclic) bond motifs is 4. The Morgan fingerprint density at radius 1 is 1.10 bits per heavy atom. The van der Waals surface area contributed by atoms with Crippen LogP contribution < -0.4 is 20.5 Å². The van der Waals surface area contributed by atoms with Crippen molar-refractivity contribution in [3.05, 3.63) is 58.8 Å². The maximum Gasteiger partial charge on any atom is 0.380 e. The number of nitrogens with two attached hydrogens (primary N) is 1. The molecule has 2 fully saturated rings. The standard InChI is InChI=1S/C28H30ClF2N3O5/c29-17-2-6-22-16(9-17)11-25(39-22)28(30,31)27(36)33-21(14-34-19-3-4-20(34)13-18(32)12-19)26(35)15-1-5-23-24(10-15)38-8-7-37-23/h1-2,5-6,9-11,18-21,26,35H,3-4,7-8,12-14,32H2,(H,33,36)/t18?,19?,20?,21-,26-/m1/s1. The number of aliphatic hydroxyl groups excluding tert-OH is 1. The predicted octanol–water partition coefficient (Wildman–Crippen LogP) is 4.12. The lowest BCUT2D eigenvalue weighted by molar-refractivity contribution is -0.151. The highest BCUT2D eigenvalue weighted by molar-refractivity contribution is 6.31. The number of amides is 1. The van der Waals surface area contributed by atoms with Crippen LogP contribution in [0.15, 0.2) is 46.9 Å². The van der Waals surface area contributed by atoms with Gasteiger partial charge in [-0.1, -0.05) is 17.7 Å². The summed E-state index contributed by atoms with van der Waals surface area (Å²) in [4.78, 5) is 15.3. The Bertz CT molecular complexity index is 1370. The molecule has 0 aliphatic carbocycles. The Hall–Kier alpha value is -2.92. The summed E-state index contributed by atoms with van der Waals surface area (Å²) in [7, 11) is 0. The monoisotopic (exact) mass is 561 g/mol. The van der Waals surface area contributed by atoms with Crippen molar-refractivity contribution in [2.75, 3.05) is 19.8 Å². The summed E-state index contributed by atoms with van der Waals surface area (Å²) in [5.41, 5.74) is 6.83. The molecule has 3 aliphatic rings. The van der Waals surface area contributed by atoms with E-state index < -0.39 is 29.7 Å². The predicted molar refractivity (Wildman–Crippen MR) is 140 cm³/mol. The van der Waals surface area contributed by atoms with Crippen molar-refractivity contribution in [1.82, 2.24) is 10.2 Å². The number of rotatable bonds is 7. The minimum absolute atomic E-state index is 0.0837. The van der Waals surface area contributed by atoms with E-state index in [4.69, 9.17) is 31.2 Å². The molecule has 39 heavy (non-hydrogen) atoms. The van der Waals surface area contributed by atoms with E-state index in [0.29, 0.717) is 40.7 Å². The van der Waals surface area contributed by atoms with Crippen LogP contribution in [0.4, 0.5) is 8.78 Å². The van der Waals surface area contributed by atoms with E-state index in [1.54, 1.807) is 18.2 Å². The number of carbonyl (C=O) groups excluding carboxylic acids is 1. The van der Waals surface area contributed by atoms with E-state index in [9.17, 15) is 9.90 Å². The van der Waals surface area contributed by atoms with Crippen LogP contribution >= 0.6 is 11.6 Å². The van der Waals surface area contributed by atoms with Crippen molar-refractivity contribution in [3.63, 3.8) is 0 Å². The zero-order chi connectivity index (χ0) is 27.3. The van der Waals surface area contributed by atoms with Crippen LogP contribution in [0, 0.1) is 0 Å². The maximum atomic E-state index is 15.4. The largest absolute Gasteiger partial charge is 0.486 e. The lowest BCUT2D eigenvalue weighted by Gasteiger charge is -2.40. The first-order valence-electron chi connectivity index (χ1n) is 13.2. The molecule has 0 saturated carbocycles. The van der Waals surface area contributed by atoms with E-state index in [1.807, 2.05) is 0 Å². The number of ether oxygens (including phenoxy) is 2. The summed E-state index contributed by atoms with van der Waals surface area (Å²) in [6, 6.07) is 9.93. The van der Waals surface area contributed by atoms with Crippen molar-refractivity contribution >= 4 is 28.5 Å². The van der Waals surface area contributed by atoms with Crippen molar-refractivity contribution in [2.24, 2.45) is 5.73 Å². The van der Waals surface area contributed by atoms with Gasteiger partial charge in [0.2, 0.25) is 0 Å². The van der Waals surface area contributed by atoms with Gasteiger partial charge in [-0.25, -0.2) is 0 Å². The quantitative estimate of drug-likeness (QED) is 0.398. The second-order valence-corrected chi connectivity index (χ2v) is 11.0. The molecule has 2 unspecified atom stereocenters. The SMILES string of the molecule is NC1CC2CCC(C1)N2C[C@@H](NC(=O)C(F)(F)c1cc2cc(Cl)ccc2o1)[C@H](O)c1ccc2c(c1)OCCO2. The first-order valence-corrected chi connectivity index (χ1v) is 13.5. The Morgan fingerprint density at radius 2 is 1.82 bits per heavy atom. The second-order valence-electron chi connectivity index (χ2n) is 10.6. The Morgan fingerprint density at radius 3 is 2.56 bits per heavy atom. The highest BCUT2D eigenvalue weighted by Gasteiger charge is 2.47. The number of halogens is 3. The van der Waals surface area contributed by atoms with Gasteiger partial charge in [0.05, 0.1) is 6.04 Å². The number of hydrogen-bond acceptors (Lipinski definition) is 7.